The maximum absolute atomic E-state index is 12.2. The largest absolute Gasteiger partial charge is 0.326 e. The van der Waals surface area contributed by atoms with Gasteiger partial charge in [0.25, 0.3) is 0 Å². The van der Waals surface area contributed by atoms with Gasteiger partial charge in [0.1, 0.15) is 0 Å². The molecule has 2 amide bonds. The first kappa shape index (κ1) is 16.2. The van der Waals surface area contributed by atoms with Crippen LogP contribution in [0.2, 0.25) is 0 Å². The van der Waals surface area contributed by atoms with Crippen molar-refractivity contribution in [3.63, 3.8) is 0 Å². The number of hydrogen-bond acceptors (Lipinski definition) is 2. The van der Waals surface area contributed by atoms with E-state index in [2.05, 4.69) is 5.32 Å². The molecule has 24 heavy (non-hydrogen) atoms. The van der Waals surface area contributed by atoms with E-state index in [1.165, 1.54) is 0 Å². The second kappa shape index (κ2) is 6.87. The average Bonchev–Trinajstić information content (AvgIpc) is 3.33. The number of benzene rings is 2. The van der Waals surface area contributed by atoms with E-state index in [-0.39, 0.29) is 11.8 Å². The van der Waals surface area contributed by atoms with Gasteiger partial charge in [-0.25, -0.2) is 0 Å². The number of hydrogen-bond donors (Lipinski definition) is 1. The average molecular weight is 322 g/mol. The number of nitrogens with one attached hydrogen (secondary N) is 1. The zero-order chi connectivity index (χ0) is 17.1. The lowest BCUT2D eigenvalue weighted by molar-refractivity contribution is -0.117. The van der Waals surface area contributed by atoms with E-state index in [9.17, 15) is 9.59 Å². The Hall–Kier alpha value is -2.62. The lowest BCUT2D eigenvalue weighted by Gasteiger charge is -2.21. The lowest BCUT2D eigenvalue weighted by Crippen LogP contribution is -2.30. The van der Waals surface area contributed by atoms with E-state index in [4.69, 9.17) is 0 Å². The summed E-state index contributed by atoms with van der Waals surface area (Å²) in [5.74, 6) is 0.0210. The Bertz CT molecular complexity index is 748. The highest BCUT2D eigenvalue weighted by Crippen LogP contribution is 2.32. The third-order valence-corrected chi connectivity index (χ3v) is 4.13. The fourth-order valence-electron chi connectivity index (χ4n) is 2.90. The Morgan fingerprint density at radius 3 is 2.42 bits per heavy atom. The first-order valence-corrected chi connectivity index (χ1v) is 8.28. The van der Waals surface area contributed by atoms with Crippen LogP contribution in [0.25, 0.3) is 0 Å². The van der Waals surface area contributed by atoms with Gasteiger partial charge in [0, 0.05) is 24.3 Å². The van der Waals surface area contributed by atoms with Crippen LogP contribution in [0.1, 0.15) is 30.9 Å². The molecule has 2 aromatic rings. The Morgan fingerprint density at radius 2 is 1.83 bits per heavy atom. The molecule has 4 nitrogen and oxygen atoms in total. The van der Waals surface area contributed by atoms with Gasteiger partial charge in [-0.3, -0.25) is 9.59 Å². The van der Waals surface area contributed by atoms with Crippen LogP contribution in [0, 0.1) is 6.92 Å². The highest BCUT2D eigenvalue weighted by Gasteiger charge is 2.31. The molecule has 124 valence electrons. The molecule has 1 saturated carbocycles. The number of aryl methyl sites for hydroxylation is 1. The van der Waals surface area contributed by atoms with Crippen LogP contribution in [-0.2, 0) is 16.0 Å². The highest BCUT2D eigenvalue weighted by atomic mass is 16.2. The zero-order valence-corrected chi connectivity index (χ0v) is 14.1. The maximum Gasteiger partial charge on any atom is 0.228 e. The molecule has 1 fully saturated rings. The minimum atomic E-state index is -0.0426. The summed E-state index contributed by atoms with van der Waals surface area (Å²) < 4.78 is 0. The van der Waals surface area contributed by atoms with Crippen LogP contribution in [0.4, 0.5) is 11.4 Å². The molecule has 0 radical (unpaired) electrons. The number of carbonyl (C=O) groups is 2. The van der Waals surface area contributed by atoms with Gasteiger partial charge in [0.15, 0.2) is 0 Å². The lowest BCUT2D eigenvalue weighted by atomic mass is 10.1. The monoisotopic (exact) mass is 322 g/mol. The Morgan fingerprint density at radius 1 is 1.12 bits per heavy atom. The minimum absolute atomic E-state index is 0.0426. The molecular weight excluding hydrogens is 300 g/mol. The van der Waals surface area contributed by atoms with Crippen LogP contribution in [0.3, 0.4) is 0 Å². The van der Waals surface area contributed by atoms with Crippen LogP contribution >= 0.6 is 0 Å². The first-order chi connectivity index (χ1) is 11.5. The van der Waals surface area contributed by atoms with Crippen molar-refractivity contribution in [1.82, 2.24) is 0 Å². The minimum Gasteiger partial charge on any atom is -0.326 e. The molecular formula is C20H22N2O2. The molecule has 0 atom stereocenters. The van der Waals surface area contributed by atoms with Crippen LogP contribution in [0.15, 0.2) is 48.5 Å². The molecule has 4 heteroatoms. The predicted octanol–water partition coefficient (Wildman–Crippen LogP) is 3.69. The normalized spacial score (nSPS) is 13.4. The summed E-state index contributed by atoms with van der Waals surface area (Å²) in [6.45, 7) is 3.61. The van der Waals surface area contributed by atoms with Crippen LogP contribution < -0.4 is 10.2 Å². The third-order valence-electron chi connectivity index (χ3n) is 4.13. The molecule has 0 unspecified atom stereocenters. The fraction of sp³-hybridized carbons (Fsp3) is 0.300. The molecule has 0 spiro atoms. The Balaban J connectivity index is 1.63. The summed E-state index contributed by atoms with van der Waals surface area (Å²) in [7, 11) is 0. The molecule has 1 N–H and O–H groups in total. The van der Waals surface area contributed by atoms with Crippen LogP contribution in [-0.4, -0.2) is 17.9 Å². The van der Waals surface area contributed by atoms with E-state index in [0.29, 0.717) is 12.5 Å². The number of anilines is 2. The fourth-order valence-corrected chi connectivity index (χ4v) is 2.90. The SMILES string of the molecule is CC(=O)N(c1ccc(NC(=O)Cc2cccc(C)c2)cc1)C1CC1. The topological polar surface area (TPSA) is 49.4 Å². The van der Waals surface area contributed by atoms with Crippen molar-refractivity contribution in [3.05, 3.63) is 59.7 Å². The smallest absolute Gasteiger partial charge is 0.228 e. The molecule has 3 rings (SSSR count). The van der Waals surface area contributed by atoms with Crippen molar-refractivity contribution in [2.24, 2.45) is 0 Å². The van der Waals surface area contributed by atoms with Crippen molar-refractivity contribution < 1.29 is 9.59 Å². The Kier molecular flexibility index (Phi) is 4.65. The second-order valence-electron chi connectivity index (χ2n) is 6.38. The summed E-state index contributed by atoms with van der Waals surface area (Å²) in [4.78, 5) is 25.8. The number of nitrogens with zero attached hydrogens (tertiary/aromatic N) is 1. The standard InChI is InChI=1S/C20H22N2O2/c1-14-4-3-5-16(12-14)13-20(24)21-17-6-8-18(9-7-17)22(15(2)23)19-10-11-19/h3-9,12,19H,10-11,13H2,1-2H3,(H,21,24). The second-order valence-corrected chi connectivity index (χ2v) is 6.38. The summed E-state index contributed by atoms with van der Waals surface area (Å²) in [5, 5.41) is 2.91. The van der Waals surface area contributed by atoms with Gasteiger partial charge in [-0.2, -0.15) is 0 Å². The molecule has 1 aliphatic rings. The van der Waals surface area contributed by atoms with E-state index < -0.39 is 0 Å². The predicted molar refractivity (Wildman–Crippen MR) is 96.1 cm³/mol. The van der Waals surface area contributed by atoms with Crippen molar-refractivity contribution in [2.45, 2.75) is 39.2 Å². The molecule has 0 aliphatic heterocycles. The molecule has 0 aromatic heterocycles. The van der Waals surface area contributed by atoms with Crippen molar-refractivity contribution in [1.29, 1.82) is 0 Å². The Labute approximate surface area is 142 Å². The van der Waals surface area contributed by atoms with Crippen molar-refractivity contribution in [3.8, 4) is 0 Å². The zero-order valence-electron chi connectivity index (χ0n) is 14.1. The van der Waals surface area contributed by atoms with Gasteiger partial charge in [-0.1, -0.05) is 29.8 Å². The summed E-state index contributed by atoms with van der Waals surface area (Å²) >= 11 is 0. The first-order valence-electron chi connectivity index (χ1n) is 8.28. The van der Waals surface area contributed by atoms with E-state index in [1.54, 1.807) is 6.92 Å². The third kappa shape index (κ3) is 4.02. The van der Waals surface area contributed by atoms with Gasteiger partial charge in [0.05, 0.1) is 6.42 Å². The molecule has 0 bridgehead atoms. The molecule has 0 heterocycles. The van der Waals surface area contributed by atoms with Gasteiger partial charge in [-0.05, 0) is 49.6 Å². The summed E-state index contributed by atoms with van der Waals surface area (Å²) in [6, 6.07) is 15.8. The number of carbonyl (C=O) groups excluding carboxylic acids is 2. The number of rotatable bonds is 5. The molecule has 2 aromatic carbocycles. The van der Waals surface area contributed by atoms with Gasteiger partial charge >= 0.3 is 0 Å². The van der Waals surface area contributed by atoms with Crippen LogP contribution in [0.5, 0.6) is 0 Å². The molecule has 0 saturated heterocycles. The summed E-state index contributed by atoms with van der Waals surface area (Å²) in [5.41, 5.74) is 3.78. The van der Waals surface area contributed by atoms with E-state index in [1.807, 2.05) is 60.4 Å². The van der Waals surface area contributed by atoms with Gasteiger partial charge in [0.2, 0.25) is 11.8 Å². The number of amides is 2. The molecule has 1 aliphatic carbocycles. The van der Waals surface area contributed by atoms with Crippen molar-refractivity contribution >= 4 is 23.2 Å². The maximum atomic E-state index is 12.2. The van der Waals surface area contributed by atoms with E-state index in [0.717, 1.165) is 35.3 Å². The van der Waals surface area contributed by atoms with Gasteiger partial charge in [-0.15, -0.1) is 0 Å². The highest BCUT2D eigenvalue weighted by molar-refractivity contribution is 5.94. The van der Waals surface area contributed by atoms with Gasteiger partial charge < -0.3 is 10.2 Å². The van der Waals surface area contributed by atoms with Crippen molar-refractivity contribution in [2.75, 3.05) is 10.2 Å². The van der Waals surface area contributed by atoms with E-state index >= 15 is 0 Å². The summed E-state index contributed by atoms with van der Waals surface area (Å²) in [6.07, 6.45) is 2.48. The quantitative estimate of drug-likeness (QED) is 0.912.